The number of ether oxygens (including phenoxy) is 1. The van der Waals surface area contributed by atoms with E-state index in [0.717, 1.165) is 35.7 Å². The highest BCUT2D eigenvalue weighted by Gasteiger charge is 2.32. The molecule has 60 heavy (non-hydrogen) atoms. The first kappa shape index (κ1) is 46.7. The van der Waals surface area contributed by atoms with Gasteiger partial charge in [-0.25, -0.2) is 4.79 Å². The molecule has 0 aliphatic carbocycles. The van der Waals surface area contributed by atoms with Gasteiger partial charge in [0.2, 0.25) is 23.6 Å². The largest absolute Gasteiger partial charge is 0.480 e. The van der Waals surface area contributed by atoms with Crippen molar-refractivity contribution in [3.63, 3.8) is 0 Å². The van der Waals surface area contributed by atoms with E-state index in [2.05, 4.69) is 31.2 Å². The summed E-state index contributed by atoms with van der Waals surface area (Å²) in [6, 6.07) is 18.3. The Hall–Kier alpha value is -5.97. The smallest absolute Gasteiger partial charge is 0.326 e. The van der Waals surface area contributed by atoms with Gasteiger partial charge in [-0.15, -0.1) is 0 Å². The van der Waals surface area contributed by atoms with Crippen LogP contribution in [0.3, 0.4) is 0 Å². The number of para-hydroxylation sites is 1. The van der Waals surface area contributed by atoms with Gasteiger partial charge in [-0.1, -0.05) is 85.1 Å². The maximum atomic E-state index is 14.3. The van der Waals surface area contributed by atoms with Gasteiger partial charge in [0.05, 0.1) is 13.2 Å². The maximum absolute atomic E-state index is 14.3. The number of hydrogen-bond acceptors (Lipinski definition) is 8. The lowest BCUT2D eigenvalue weighted by Crippen LogP contribution is -2.59. The summed E-state index contributed by atoms with van der Waals surface area (Å²) in [5, 5.41) is 22.3. The molecule has 322 valence electrons. The predicted octanol–water partition coefficient (Wildman–Crippen LogP) is 2.81. The zero-order valence-corrected chi connectivity index (χ0v) is 34.3. The van der Waals surface area contributed by atoms with E-state index in [-0.39, 0.29) is 63.7 Å². The molecule has 0 radical (unpaired) electrons. The van der Waals surface area contributed by atoms with Crippen molar-refractivity contribution in [3.05, 3.63) is 107 Å². The van der Waals surface area contributed by atoms with Gasteiger partial charge in [-0.05, 0) is 67.1 Å². The molecule has 3 aromatic carbocycles. The van der Waals surface area contributed by atoms with E-state index in [4.69, 9.17) is 33.5 Å². The second-order valence-electron chi connectivity index (χ2n) is 14.4. The Labute approximate surface area is 354 Å². The van der Waals surface area contributed by atoms with Crippen molar-refractivity contribution in [3.8, 4) is 0 Å². The fourth-order valence-electron chi connectivity index (χ4n) is 6.48. The highest BCUT2D eigenvalue weighted by atomic mass is 35.5. The summed E-state index contributed by atoms with van der Waals surface area (Å²) in [6.45, 7) is 0.665. The van der Waals surface area contributed by atoms with E-state index >= 15 is 0 Å². The molecule has 0 fully saturated rings. The molecule has 0 aliphatic heterocycles. The monoisotopic (exact) mass is 845 g/mol. The number of rotatable bonds is 26. The Balaban J connectivity index is 1.55. The fraction of sp³-hybridized carbons (Fsp3) is 0.395. The first-order valence-electron chi connectivity index (χ1n) is 20.0. The summed E-state index contributed by atoms with van der Waals surface area (Å²) in [5.41, 5.74) is 19.6. The number of nitrogens with one attached hydrogen (secondary N) is 5. The second-order valence-corrected chi connectivity index (χ2v) is 14.9. The number of nitrogens with zero attached hydrogens (tertiary/aromatic N) is 1. The third-order valence-corrected chi connectivity index (χ3v) is 9.94. The zero-order valence-electron chi connectivity index (χ0n) is 33.5. The number of carboxylic acid groups (broad SMARTS) is 1. The molecule has 0 aliphatic rings. The molecule has 0 saturated heterocycles. The molecule has 4 rings (SSSR count). The molecule has 0 spiro atoms. The van der Waals surface area contributed by atoms with Crippen molar-refractivity contribution in [2.24, 2.45) is 22.2 Å². The van der Waals surface area contributed by atoms with E-state index < -0.39 is 47.9 Å². The van der Waals surface area contributed by atoms with Gasteiger partial charge in [-0.3, -0.25) is 24.2 Å². The van der Waals surface area contributed by atoms with Crippen molar-refractivity contribution in [1.82, 2.24) is 26.3 Å². The number of aliphatic carboxylic acids is 1. The van der Waals surface area contributed by atoms with Crippen molar-refractivity contribution in [1.29, 1.82) is 0 Å². The topological polar surface area (TPSA) is 269 Å². The van der Waals surface area contributed by atoms with Gasteiger partial charge in [0.15, 0.2) is 5.96 Å². The van der Waals surface area contributed by atoms with E-state index in [1.807, 2.05) is 54.6 Å². The number of aromatic nitrogens is 1. The maximum Gasteiger partial charge on any atom is 0.326 e. The van der Waals surface area contributed by atoms with Crippen LogP contribution in [0.15, 0.2) is 90.1 Å². The number of aliphatic imine (C=N–C) groups is 1. The van der Waals surface area contributed by atoms with Gasteiger partial charge < -0.3 is 53.3 Å². The minimum atomic E-state index is -1.35. The lowest BCUT2D eigenvalue weighted by atomic mass is 10.0. The van der Waals surface area contributed by atoms with E-state index in [9.17, 15) is 29.1 Å². The summed E-state index contributed by atoms with van der Waals surface area (Å²) < 4.78 is 5.88. The molecule has 17 heteroatoms. The number of amides is 4. The molecular weight excluding hydrogens is 790 g/mol. The van der Waals surface area contributed by atoms with Crippen LogP contribution in [-0.4, -0.2) is 89.5 Å². The molecule has 16 nitrogen and oxygen atoms in total. The van der Waals surface area contributed by atoms with Gasteiger partial charge >= 0.3 is 5.97 Å². The van der Waals surface area contributed by atoms with E-state index in [1.54, 1.807) is 30.5 Å². The quantitative estimate of drug-likeness (QED) is 0.0253. The standard InChI is InChI=1S/C43H56ClN9O7/c44-31-19-17-28(18-20-31)23-35(52-41(57)37(27-60-26-29-11-4-3-5-12-29)50-38(54)16-6-1-2-9-21-45)40(56)51-34(15-10-22-48-43(46)47)39(55)53-36(42(58)59)24-30-25-49-33-14-8-7-13-32(30)33/h3-5,7-8,11-14,17-20,25,34-37,49H,1-2,6,9-10,15-16,21-24,26-27,45H2,(H,50,54)(H,51,56)(H,52,57)(H,53,55)(H,58,59)(H4,46,47,48)/t34-,35+,36-,37-/m0/s1. The van der Waals surface area contributed by atoms with Crippen LogP contribution < -0.4 is 38.5 Å². The summed E-state index contributed by atoms with van der Waals surface area (Å²) >= 11 is 6.14. The number of benzene rings is 3. The molecule has 0 bridgehead atoms. The highest BCUT2D eigenvalue weighted by molar-refractivity contribution is 6.30. The van der Waals surface area contributed by atoms with Crippen molar-refractivity contribution in [2.75, 3.05) is 19.7 Å². The number of guanidine groups is 1. The fourth-order valence-corrected chi connectivity index (χ4v) is 6.60. The minimum absolute atomic E-state index is 0.0205. The summed E-state index contributed by atoms with van der Waals surface area (Å²) in [5.74, 6) is -3.97. The molecule has 4 atom stereocenters. The molecule has 4 aromatic rings. The molecule has 1 heterocycles. The van der Waals surface area contributed by atoms with Crippen LogP contribution in [0.1, 0.15) is 61.6 Å². The SMILES string of the molecule is NCCCCCCC(=O)N[C@@H](COCc1ccccc1)C(=O)N[C@H](Cc1ccc(Cl)cc1)C(=O)N[C@@H](CCCN=C(N)N)C(=O)N[C@@H](Cc1c[nH]c2ccccc12)C(=O)O. The highest BCUT2D eigenvalue weighted by Crippen LogP contribution is 2.20. The number of unbranched alkanes of at least 4 members (excludes halogenated alkanes) is 3. The number of hydrogen-bond donors (Lipinski definition) is 9. The van der Waals surface area contributed by atoms with Crippen LogP contribution in [0.25, 0.3) is 10.9 Å². The van der Waals surface area contributed by atoms with Crippen LogP contribution in [0.4, 0.5) is 0 Å². The number of halogens is 1. The number of H-pyrrole nitrogens is 1. The molecule has 1 aromatic heterocycles. The second kappa shape index (κ2) is 24.8. The van der Waals surface area contributed by atoms with Crippen LogP contribution in [0, 0.1) is 0 Å². The zero-order chi connectivity index (χ0) is 43.3. The lowest BCUT2D eigenvalue weighted by Gasteiger charge is -2.26. The third-order valence-electron chi connectivity index (χ3n) is 9.68. The van der Waals surface area contributed by atoms with Gasteiger partial charge in [0, 0.05) is 47.9 Å². The average Bonchev–Trinajstić information content (AvgIpc) is 3.64. The van der Waals surface area contributed by atoms with Gasteiger partial charge in [-0.2, -0.15) is 0 Å². The van der Waals surface area contributed by atoms with Crippen LogP contribution in [0.2, 0.25) is 5.02 Å². The van der Waals surface area contributed by atoms with Crippen LogP contribution in [0.5, 0.6) is 0 Å². The Morgan fingerprint density at radius 1 is 0.717 bits per heavy atom. The number of nitrogens with two attached hydrogens (primary N) is 3. The molecule has 4 amide bonds. The molecular formula is C43H56ClN9O7. The normalized spacial score (nSPS) is 13.0. The molecule has 0 saturated carbocycles. The first-order valence-corrected chi connectivity index (χ1v) is 20.4. The van der Waals surface area contributed by atoms with Gasteiger partial charge in [0.25, 0.3) is 0 Å². The van der Waals surface area contributed by atoms with Gasteiger partial charge in [0.1, 0.15) is 24.2 Å². The Morgan fingerprint density at radius 2 is 1.37 bits per heavy atom. The van der Waals surface area contributed by atoms with Crippen molar-refractivity contribution >= 4 is 58.1 Å². The van der Waals surface area contributed by atoms with Crippen molar-refractivity contribution < 1.29 is 33.8 Å². The van der Waals surface area contributed by atoms with E-state index in [0.29, 0.717) is 29.1 Å². The van der Waals surface area contributed by atoms with Crippen LogP contribution >= 0.6 is 11.6 Å². The average molecular weight is 846 g/mol. The summed E-state index contributed by atoms with van der Waals surface area (Å²) in [4.78, 5) is 74.8. The number of carbonyl (C=O) groups excluding carboxylic acids is 4. The minimum Gasteiger partial charge on any atom is -0.480 e. The number of fused-ring (bicyclic) bond motifs is 1. The molecule has 12 N–H and O–H groups in total. The summed E-state index contributed by atoms with van der Waals surface area (Å²) in [7, 11) is 0. The summed E-state index contributed by atoms with van der Waals surface area (Å²) in [6.07, 6.45) is 5.19. The Bertz CT molecular complexity index is 2020. The first-order chi connectivity index (χ1) is 28.9. The lowest BCUT2D eigenvalue weighted by molar-refractivity contribution is -0.142. The Morgan fingerprint density at radius 3 is 2.08 bits per heavy atom. The van der Waals surface area contributed by atoms with Crippen molar-refractivity contribution in [2.45, 2.75) is 88.6 Å². The number of aromatic amines is 1. The van der Waals surface area contributed by atoms with Crippen LogP contribution in [-0.2, 0) is 48.2 Å². The van der Waals surface area contributed by atoms with E-state index in [1.165, 1.54) is 0 Å². The predicted molar refractivity (Wildman–Crippen MR) is 231 cm³/mol. The number of carboxylic acids is 1. The molecule has 0 unspecified atom stereocenters. The third kappa shape index (κ3) is 16.0. The Kier molecular flexibility index (Phi) is 19.3. The number of carbonyl (C=O) groups is 5.